The Bertz CT molecular complexity index is 644. The molecule has 2 aromatic rings. The molecule has 6 heteroatoms. The molecule has 2 aromatic carbocycles. The van der Waals surface area contributed by atoms with E-state index in [1.165, 1.54) is 12.1 Å². The molecule has 0 fully saturated rings. The van der Waals surface area contributed by atoms with Crippen molar-refractivity contribution in [2.45, 2.75) is 6.54 Å². The van der Waals surface area contributed by atoms with E-state index >= 15 is 0 Å². The van der Waals surface area contributed by atoms with Crippen molar-refractivity contribution in [1.29, 1.82) is 0 Å². The Morgan fingerprint density at radius 2 is 2.00 bits per heavy atom. The molecule has 0 spiro atoms. The van der Waals surface area contributed by atoms with E-state index in [4.69, 9.17) is 12.2 Å². The number of benzene rings is 2. The molecule has 0 atom stereocenters. The number of hydrogen-bond acceptors (Lipinski definition) is 3. The average Bonchev–Trinajstić information content (AvgIpc) is 2.47. The quantitative estimate of drug-likeness (QED) is 0.461. The zero-order valence-corrected chi connectivity index (χ0v) is 11.9. The summed E-state index contributed by atoms with van der Waals surface area (Å²) >= 11 is 5.06. The summed E-state index contributed by atoms with van der Waals surface area (Å²) in [4.78, 5) is 0. The summed E-state index contributed by atoms with van der Waals surface area (Å²) in [5, 5.41) is 16.6. The molecule has 0 aliphatic carbocycles. The number of nitrogens with zero attached hydrogens (tertiary/aromatic N) is 1. The summed E-state index contributed by atoms with van der Waals surface area (Å²) in [7, 11) is 0. The Labute approximate surface area is 127 Å². The van der Waals surface area contributed by atoms with E-state index in [-0.39, 0.29) is 11.6 Å². The van der Waals surface area contributed by atoms with Gasteiger partial charge in [0.05, 0.1) is 6.21 Å². The minimum atomic E-state index is -0.268. The SMILES string of the molecule is Oc1cccc(/C=N\NC(=S)NCc2ccc(F)cc2)c1. The molecule has 3 N–H and O–H groups in total. The standard InChI is InChI=1S/C15H14FN3OS/c16-13-6-4-11(5-7-13)9-17-15(21)19-18-10-12-2-1-3-14(20)8-12/h1-8,10,20H,9H2,(H2,17,19,21)/b18-10-. The number of halogens is 1. The van der Waals surface area contributed by atoms with Crippen LogP contribution >= 0.6 is 12.2 Å². The molecule has 0 aliphatic heterocycles. The highest BCUT2D eigenvalue weighted by molar-refractivity contribution is 7.80. The maximum atomic E-state index is 12.7. The molecule has 0 amide bonds. The van der Waals surface area contributed by atoms with E-state index in [9.17, 15) is 9.50 Å². The molecule has 0 unspecified atom stereocenters. The molecule has 0 bridgehead atoms. The molecule has 0 aromatic heterocycles. The van der Waals surface area contributed by atoms with Gasteiger partial charge in [-0.15, -0.1) is 0 Å². The molecule has 0 aliphatic rings. The summed E-state index contributed by atoms with van der Waals surface area (Å²) in [6.45, 7) is 0.480. The maximum Gasteiger partial charge on any atom is 0.187 e. The molecule has 4 nitrogen and oxygen atoms in total. The van der Waals surface area contributed by atoms with E-state index in [2.05, 4.69) is 15.8 Å². The summed E-state index contributed by atoms with van der Waals surface area (Å²) in [6, 6.07) is 12.9. The minimum absolute atomic E-state index is 0.177. The van der Waals surface area contributed by atoms with Crippen molar-refractivity contribution >= 4 is 23.5 Å². The largest absolute Gasteiger partial charge is 0.508 e. The van der Waals surface area contributed by atoms with Gasteiger partial charge in [-0.2, -0.15) is 5.10 Å². The highest BCUT2D eigenvalue weighted by Gasteiger charge is 1.96. The van der Waals surface area contributed by atoms with Crippen LogP contribution in [-0.2, 0) is 6.54 Å². The van der Waals surface area contributed by atoms with Gasteiger partial charge in [0, 0.05) is 6.54 Å². The molecule has 21 heavy (non-hydrogen) atoms. The number of aromatic hydroxyl groups is 1. The summed E-state index contributed by atoms with van der Waals surface area (Å²) in [5.41, 5.74) is 4.33. The Morgan fingerprint density at radius 3 is 2.71 bits per heavy atom. The minimum Gasteiger partial charge on any atom is -0.508 e. The maximum absolute atomic E-state index is 12.7. The molecule has 108 valence electrons. The van der Waals surface area contributed by atoms with Crippen molar-refractivity contribution in [3.63, 3.8) is 0 Å². The zero-order valence-electron chi connectivity index (χ0n) is 11.1. The summed E-state index contributed by atoms with van der Waals surface area (Å²) in [5.74, 6) is -0.0915. The number of phenols is 1. The lowest BCUT2D eigenvalue weighted by atomic mass is 10.2. The topological polar surface area (TPSA) is 56.7 Å². The highest BCUT2D eigenvalue weighted by Crippen LogP contribution is 2.08. The Hall–Kier alpha value is -2.47. The van der Waals surface area contributed by atoms with E-state index < -0.39 is 0 Å². The number of hydrogen-bond donors (Lipinski definition) is 3. The van der Waals surface area contributed by atoms with Crippen molar-refractivity contribution in [3.8, 4) is 5.75 Å². The van der Waals surface area contributed by atoms with Gasteiger partial charge in [-0.1, -0.05) is 24.3 Å². The first-order chi connectivity index (χ1) is 10.1. The van der Waals surface area contributed by atoms with Crippen molar-refractivity contribution < 1.29 is 9.50 Å². The summed E-state index contributed by atoms with van der Waals surface area (Å²) < 4.78 is 12.7. The number of thiocarbonyl (C=S) groups is 1. The van der Waals surface area contributed by atoms with Crippen LogP contribution in [0, 0.1) is 5.82 Å². The highest BCUT2D eigenvalue weighted by atomic mass is 32.1. The molecule has 0 saturated carbocycles. The number of hydrazone groups is 1. The van der Waals surface area contributed by atoms with Crippen LogP contribution in [0.2, 0.25) is 0 Å². The van der Waals surface area contributed by atoms with Gasteiger partial charge in [0.25, 0.3) is 0 Å². The van der Waals surface area contributed by atoms with Crippen LogP contribution in [0.4, 0.5) is 4.39 Å². The van der Waals surface area contributed by atoms with E-state index in [0.29, 0.717) is 11.7 Å². The van der Waals surface area contributed by atoms with Gasteiger partial charge >= 0.3 is 0 Å². The first kappa shape index (κ1) is 14.9. The molecule has 2 rings (SSSR count). The predicted octanol–water partition coefficient (Wildman–Crippen LogP) is 2.53. The van der Waals surface area contributed by atoms with Crippen LogP contribution in [0.15, 0.2) is 53.6 Å². The first-order valence-electron chi connectivity index (χ1n) is 6.24. The Balaban J connectivity index is 1.78. The monoisotopic (exact) mass is 303 g/mol. The van der Waals surface area contributed by atoms with Gasteiger partial charge in [-0.25, -0.2) is 4.39 Å². The molecule has 0 radical (unpaired) electrons. The van der Waals surface area contributed by atoms with Crippen LogP contribution < -0.4 is 10.7 Å². The molecular formula is C15H14FN3OS. The number of rotatable bonds is 4. The third-order valence-corrected chi connectivity index (χ3v) is 2.85. The Kier molecular flexibility index (Phi) is 5.22. The third-order valence-electron chi connectivity index (χ3n) is 2.62. The number of nitrogens with one attached hydrogen (secondary N) is 2. The van der Waals surface area contributed by atoms with Crippen molar-refractivity contribution in [2.24, 2.45) is 5.10 Å². The van der Waals surface area contributed by atoms with Crippen LogP contribution in [0.1, 0.15) is 11.1 Å². The second-order valence-electron chi connectivity index (χ2n) is 4.27. The lowest BCUT2D eigenvalue weighted by molar-refractivity contribution is 0.475. The van der Waals surface area contributed by atoms with Gasteiger partial charge in [0.1, 0.15) is 11.6 Å². The fourth-order valence-corrected chi connectivity index (χ4v) is 1.72. The van der Waals surface area contributed by atoms with Gasteiger partial charge < -0.3 is 10.4 Å². The van der Waals surface area contributed by atoms with Crippen LogP contribution in [-0.4, -0.2) is 16.4 Å². The van der Waals surface area contributed by atoms with Crippen molar-refractivity contribution in [1.82, 2.24) is 10.7 Å². The van der Waals surface area contributed by atoms with Crippen molar-refractivity contribution in [3.05, 3.63) is 65.5 Å². The lowest BCUT2D eigenvalue weighted by Crippen LogP contribution is -2.31. The number of phenolic OH excluding ortho intramolecular Hbond substituents is 1. The second kappa shape index (κ2) is 7.35. The summed E-state index contributed by atoms with van der Waals surface area (Å²) in [6.07, 6.45) is 1.55. The first-order valence-corrected chi connectivity index (χ1v) is 6.65. The predicted molar refractivity (Wildman–Crippen MR) is 84.7 cm³/mol. The Morgan fingerprint density at radius 1 is 1.24 bits per heavy atom. The second-order valence-corrected chi connectivity index (χ2v) is 4.68. The van der Waals surface area contributed by atoms with Gasteiger partial charge in [0.15, 0.2) is 5.11 Å². The van der Waals surface area contributed by atoms with Crippen LogP contribution in [0.25, 0.3) is 0 Å². The normalized spacial score (nSPS) is 10.5. The van der Waals surface area contributed by atoms with E-state index in [1.54, 1.807) is 42.6 Å². The van der Waals surface area contributed by atoms with E-state index in [0.717, 1.165) is 11.1 Å². The molecule has 0 heterocycles. The zero-order chi connectivity index (χ0) is 15.1. The van der Waals surface area contributed by atoms with Gasteiger partial charge in [-0.3, -0.25) is 5.43 Å². The molecular weight excluding hydrogens is 289 g/mol. The van der Waals surface area contributed by atoms with Crippen LogP contribution in [0.3, 0.4) is 0 Å². The smallest absolute Gasteiger partial charge is 0.187 e. The third kappa shape index (κ3) is 5.19. The van der Waals surface area contributed by atoms with E-state index in [1.807, 2.05) is 0 Å². The van der Waals surface area contributed by atoms with Gasteiger partial charge in [-0.05, 0) is 47.6 Å². The van der Waals surface area contributed by atoms with Crippen LogP contribution in [0.5, 0.6) is 5.75 Å². The van der Waals surface area contributed by atoms with Gasteiger partial charge in [0.2, 0.25) is 0 Å². The lowest BCUT2D eigenvalue weighted by Gasteiger charge is -2.06. The molecule has 0 saturated heterocycles. The average molecular weight is 303 g/mol. The fourth-order valence-electron chi connectivity index (χ4n) is 1.59. The fraction of sp³-hybridized carbons (Fsp3) is 0.0667. The van der Waals surface area contributed by atoms with Crippen molar-refractivity contribution in [2.75, 3.05) is 0 Å².